The van der Waals surface area contributed by atoms with Gasteiger partial charge in [-0.05, 0) is 79.9 Å². The summed E-state index contributed by atoms with van der Waals surface area (Å²) in [6.07, 6.45) is 7.19. The van der Waals surface area contributed by atoms with Crippen LogP contribution in [0.2, 0.25) is 0 Å². The van der Waals surface area contributed by atoms with E-state index in [0.29, 0.717) is 10.8 Å². The van der Waals surface area contributed by atoms with Crippen LogP contribution >= 0.6 is 0 Å². The second-order valence-corrected chi connectivity index (χ2v) is 10.8. The van der Waals surface area contributed by atoms with E-state index in [0.717, 1.165) is 37.0 Å². The minimum atomic E-state index is -3.41. The Morgan fingerprint density at radius 2 is 1.42 bits per heavy atom. The minimum Gasteiger partial charge on any atom is -0.207 e. The van der Waals surface area contributed by atoms with Gasteiger partial charge in [0.1, 0.15) is 0 Å². The first-order valence-corrected chi connectivity index (χ1v) is 10.8. The molecule has 4 aliphatic rings. The molecule has 3 nitrogen and oxygen atoms in total. The van der Waals surface area contributed by atoms with Crippen LogP contribution in [0, 0.1) is 17.8 Å². The number of sulfonamides is 1. The summed E-state index contributed by atoms with van der Waals surface area (Å²) in [5.74, 6) is 2.66. The van der Waals surface area contributed by atoms with E-state index in [4.69, 9.17) is 0 Å². The highest BCUT2D eigenvalue weighted by molar-refractivity contribution is 7.89. The van der Waals surface area contributed by atoms with E-state index in [2.05, 4.69) is 13.8 Å². The lowest BCUT2D eigenvalue weighted by Crippen LogP contribution is -2.60. The Bertz CT molecular complexity index is 685. The molecule has 4 fully saturated rings. The molecule has 0 unspecified atom stereocenters. The molecule has 0 radical (unpaired) electrons. The number of hydrogen-bond donors (Lipinski definition) is 0. The second kappa shape index (κ2) is 5.57. The molecular weight excluding hydrogens is 318 g/mol. The van der Waals surface area contributed by atoms with Gasteiger partial charge in [-0.2, -0.15) is 4.31 Å². The van der Waals surface area contributed by atoms with Gasteiger partial charge in [-0.3, -0.25) is 0 Å². The summed E-state index contributed by atoms with van der Waals surface area (Å²) >= 11 is 0. The molecule has 1 aromatic carbocycles. The zero-order valence-electron chi connectivity index (χ0n) is 15.0. The van der Waals surface area contributed by atoms with Gasteiger partial charge in [0.05, 0.1) is 4.90 Å². The average molecular weight is 348 g/mol. The van der Waals surface area contributed by atoms with Gasteiger partial charge < -0.3 is 0 Å². The van der Waals surface area contributed by atoms with Crippen molar-refractivity contribution in [1.82, 2.24) is 4.31 Å². The molecule has 0 aliphatic heterocycles. The molecule has 1 aromatic rings. The molecule has 0 atom stereocenters. The quantitative estimate of drug-likeness (QED) is 0.809. The molecular formula is C20H29NO2S. The molecule has 0 spiro atoms. The van der Waals surface area contributed by atoms with E-state index >= 15 is 0 Å². The van der Waals surface area contributed by atoms with Crippen molar-refractivity contribution in [3.8, 4) is 0 Å². The fourth-order valence-electron chi connectivity index (χ4n) is 5.89. The Labute approximate surface area is 146 Å². The third kappa shape index (κ3) is 2.53. The predicted molar refractivity (Wildman–Crippen MR) is 96.4 cm³/mol. The SMILES string of the molecule is CC(C)c1ccc(S(=O)(=O)N(C)C23CC4CC(CC(C4)C2)C3)cc1. The van der Waals surface area contributed by atoms with Gasteiger partial charge in [-0.1, -0.05) is 26.0 Å². The average Bonchev–Trinajstić information content (AvgIpc) is 2.53. The van der Waals surface area contributed by atoms with Crippen LogP contribution in [0.4, 0.5) is 0 Å². The summed E-state index contributed by atoms with van der Waals surface area (Å²) in [5.41, 5.74) is 1.07. The van der Waals surface area contributed by atoms with Crippen molar-refractivity contribution in [3.63, 3.8) is 0 Å². The largest absolute Gasteiger partial charge is 0.243 e. The van der Waals surface area contributed by atoms with Gasteiger partial charge in [0.15, 0.2) is 0 Å². The van der Waals surface area contributed by atoms with Crippen LogP contribution in [0.5, 0.6) is 0 Å². The first-order valence-electron chi connectivity index (χ1n) is 9.39. The highest BCUT2D eigenvalue weighted by Gasteiger charge is 2.55. The lowest BCUT2D eigenvalue weighted by atomic mass is 9.53. The third-order valence-corrected chi connectivity index (χ3v) is 8.86. The summed E-state index contributed by atoms with van der Waals surface area (Å²) in [6, 6.07) is 7.51. The molecule has 0 aromatic heterocycles. The monoisotopic (exact) mass is 347 g/mol. The summed E-state index contributed by atoms with van der Waals surface area (Å²) in [4.78, 5) is 0.449. The van der Waals surface area contributed by atoms with Crippen molar-refractivity contribution in [2.24, 2.45) is 17.8 Å². The van der Waals surface area contributed by atoms with Crippen molar-refractivity contribution in [2.75, 3.05) is 7.05 Å². The maximum atomic E-state index is 13.3. The highest BCUT2D eigenvalue weighted by Crippen LogP contribution is 2.58. The second-order valence-electron chi connectivity index (χ2n) is 8.84. The van der Waals surface area contributed by atoms with Crippen LogP contribution in [0.1, 0.15) is 63.9 Å². The van der Waals surface area contributed by atoms with Gasteiger partial charge in [0, 0.05) is 12.6 Å². The smallest absolute Gasteiger partial charge is 0.207 e. The molecule has 0 heterocycles. The van der Waals surface area contributed by atoms with Gasteiger partial charge in [-0.25, -0.2) is 8.42 Å². The van der Waals surface area contributed by atoms with Crippen molar-refractivity contribution in [3.05, 3.63) is 29.8 Å². The third-order valence-electron chi connectivity index (χ3n) is 6.88. The Morgan fingerprint density at radius 3 is 1.83 bits per heavy atom. The van der Waals surface area contributed by atoms with E-state index in [1.807, 2.05) is 19.2 Å². The van der Waals surface area contributed by atoms with Crippen LogP contribution in [-0.2, 0) is 10.0 Å². The normalized spacial score (nSPS) is 35.1. The van der Waals surface area contributed by atoms with E-state index in [-0.39, 0.29) is 5.54 Å². The Kier molecular flexibility index (Phi) is 3.85. The van der Waals surface area contributed by atoms with Crippen LogP contribution in [-0.4, -0.2) is 25.3 Å². The summed E-state index contributed by atoms with van der Waals surface area (Å²) in [5, 5.41) is 0. The van der Waals surface area contributed by atoms with E-state index in [9.17, 15) is 8.42 Å². The Balaban J connectivity index is 1.64. The molecule has 132 valence electrons. The summed E-state index contributed by atoms with van der Waals surface area (Å²) in [7, 11) is -1.58. The standard InChI is InChI=1S/C20H29NO2S/c1-14(2)18-4-6-19(7-5-18)24(22,23)21(3)20-11-15-8-16(12-20)10-17(9-15)13-20/h4-7,14-17H,8-13H2,1-3H3. The zero-order chi connectivity index (χ0) is 17.1. The van der Waals surface area contributed by atoms with Crippen LogP contribution in [0.15, 0.2) is 29.2 Å². The summed E-state index contributed by atoms with van der Waals surface area (Å²) in [6.45, 7) is 4.26. The van der Waals surface area contributed by atoms with Crippen molar-refractivity contribution in [2.45, 2.75) is 68.7 Å². The molecule has 5 rings (SSSR count). The van der Waals surface area contributed by atoms with Crippen LogP contribution in [0.3, 0.4) is 0 Å². The van der Waals surface area contributed by atoms with Gasteiger partial charge in [-0.15, -0.1) is 0 Å². The maximum Gasteiger partial charge on any atom is 0.243 e. The first kappa shape index (κ1) is 16.6. The number of benzene rings is 1. The summed E-state index contributed by atoms with van der Waals surface area (Å²) < 4.78 is 28.3. The number of rotatable bonds is 4. The molecule has 4 aliphatic carbocycles. The molecule has 24 heavy (non-hydrogen) atoms. The number of hydrogen-bond acceptors (Lipinski definition) is 2. The van der Waals surface area contributed by atoms with E-state index in [1.54, 1.807) is 16.4 Å². The van der Waals surface area contributed by atoms with Crippen molar-refractivity contribution < 1.29 is 8.42 Å². The van der Waals surface area contributed by atoms with Crippen LogP contribution < -0.4 is 0 Å². The molecule has 0 N–H and O–H groups in total. The molecule has 4 bridgehead atoms. The lowest BCUT2D eigenvalue weighted by Gasteiger charge is -2.59. The van der Waals surface area contributed by atoms with E-state index in [1.165, 1.54) is 24.8 Å². The molecule has 0 amide bonds. The van der Waals surface area contributed by atoms with Gasteiger partial charge in [0.2, 0.25) is 10.0 Å². The topological polar surface area (TPSA) is 37.4 Å². The first-order chi connectivity index (χ1) is 11.3. The molecule has 0 saturated heterocycles. The fourth-order valence-corrected chi connectivity index (χ4v) is 7.42. The predicted octanol–water partition coefficient (Wildman–Crippen LogP) is 4.40. The highest BCUT2D eigenvalue weighted by atomic mass is 32.2. The molecule has 4 heteroatoms. The molecule has 4 saturated carbocycles. The van der Waals surface area contributed by atoms with E-state index < -0.39 is 10.0 Å². The fraction of sp³-hybridized carbons (Fsp3) is 0.700. The van der Waals surface area contributed by atoms with Crippen LogP contribution in [0.25, 0.3) is 0 Å². The Hall–Kier alpha value is -0.870. The minimum absolute atomic E-state index is 0.121. The van der Waals surface area contributed by atoms with Crippen molar-refractivity contribution >= 4 is 10.0 Å². The van der Waals surface area contributed by atoms with Gasteiger partial charge in [0.25, 0.3) is 0 Å². The Morgan fingerprint density at radius 1 is 0.958 bits per heavy atom. The zero-order valence-corrected chi connectivity index (χ0v) is 15.8. The van der Waals surface area contributed by atoms with Gasteiger partial charge >= 0.3 is 0 Å². The lowest BCUT2D eigenvalue weighted by molar-refractivity contribution is -0.0495. The number of nitrogens with zero attached hydrogens (tertiary/aromatic N) is 1. The van der Waals surface area contributed by atoms with Crippen molar-refractivity contribution in [1.29, 1.82) is 0 Å². The maximum absolute atomic E-state index is 13.3.